The predicted octanol–water partition coefficient (Wildman–Crippen LogP) is 21.4. The summed E-state index contributed by atoms with van der Waals surface area (Å²) in [5.74, 6) is -0.854. The molecule has 0 bridgehead atoms. The number of carbonyl (C=O) groups is 2. The number of phosphoric ester groups is 1. The molecule has 0 aliphatic carbocycles. The van der Waals surface area contributed by atoms with Crippen molar-refractivity contribution in [2.45, 2.75) is 251 Å². The van der Waals surface area contributed by atoms with Gasteiger partial charge in [0.05, 0.1) is 13.2 Å². The first-order valence-corrected chi connectivity index (χ1v) is 34.1. The van der Waals surface area contributed by atoms with Gasteiger partial charge in [-0.15, -0.1) is 0 Å². The minimum absolute atomic E-state index is 0.0423. The number of hydrogen-bond acceptors (Lipinski definition) is 8. The molecule has 0 aliphatic heterocycles. The quantitative estimate of drug-likeness (QED) is 0.0264. The van der Waals surface area contributed by atoms with Crippen LogP contribution in [0.15, 0.2) is 170 Å². The van der Waals surface area contributed by atoms with E-state index in [4.69, 9.17) is 24.3 Å². The average molecular weight is 1170 g/mol. The molecular formula is C73H118NO8P. The molecule has 0 spiro atoms. The van der Waals surface area contributed by atoms with Crippen LogP contribution in [0.1, 0.15) is 245 Å². The Hall–Kier alpha value is -4.63. The first-order chi connectivity index (χ1) is 40.8. The monoisotopic (exact) mass is 1170 g/mol. The van der Waals surface area contributed by atoms with Crippen molar-refractivity contribution in [3.05, 3.63) is 170 Å². The van der Waals surface area contributed by atoms with E-state index in [9.17, 15) is 19.0 Å². The van der Waals surface area contributed by atoms with Crippen LogP contribution >= 0.6 is 7.82 Å². The topological polar surface area (TPSA) is 134 Å². The molecule has 2 atom stereocenters. The van der Waals surface area contributed by atoms with Crippen molar-refractivity contribution in [3.8, 4) is 0 Å². The second kappa shape index (κ2) is 66.5. The molecule has 0 aromatic heterocycles. The molecule has 0 fully saturated rings. The van der Waals surface area contributed by atoms with Crippen LogP contribution in [0.25, 0.3) is 0 Å². The number of ether oxygens (including phenoxy) is 2. The van der Waals surface area contributed by atoms with Crippen LogP contribution in [-0.2, 0) is 32.7 Å². The van der Waals surface area contributed by atoms with Gasteiger partial charge in [0.25, 0.3) is 0 Å². The fraction of sp³-hybridized carbons (Fsp3) is 0.589. The predicted molar refractivity (Wildman–Crippen MR) is 357 cm³/mol. The van der Waals surface area contributed by atoms with Crippen LogP contribution in [0.5, 0.6) is 0 Å². The molecule has 0 aliphatic rings. The lowest BCUT2D eigenvalue weighted by Gasteiger charge is -2.19. The second-order valence-corrected chi connectivity index (χ2v) is 22.3. The summed E-state index contributed by atoms with van der Waals surface area (Å²) in [4.78, 5) is 35.3. The fourth-order valence-corrected chi connectivity index (χ4v) is 9.13. The maximum atomic E-state index is 12.8. The molecule has 0 aromatic rings. The van der Waals surface area contributed by atoms with Crippen LogP contribution in [-0.4, -0.2) is 49.3 Å². The normalized spacial score (nSPS) is 14.1. The van der Waals surface area contributed by atoms with Gasteiger partial charge in [-0.25, -0.2) is 4.57 Å². The van der Waals surface area contributed by atoms with Crippen LogP contribution in [0, 0.1) is 0 Å². The first kappa shape index (κ1) is 78.4. The van der Waals surface area contributed by atoms with Gasteiger partial charge >= 0.3 is 19.8 Å². The van der Waals surface area contributed by atoms with Gasteiger partial charge in [0.15, 0.2) is 6.10 Å². The van der Waals surface area contributed by atoms with Gasteiger partial charge in [0.2, 0.25) is 0 Å². The molecule has 0 saturated heterocycles. The number of esters is 2. The minimum atomic E-state index is -4.41. The van der Waals surface area contributed by atoms with E-state index in [-0.39, 0.29) is 32.6 Å². The van der Waals surface area contributed by atoms with E-state index in [0.29, 0.717) is 12.8 Å². The summed E-state index contributed by atoms with van der Waals surface area (Å²) in [6.45, 7) is 3.49. The maximum absolute atomic E-state index is 12.8. The molecule has 0 radical (unpaired) electrons. The average Bonchev–Trinajstić information content (AvgIpc) is 3.49. The summed E-state index contributed by atoms with van der Waals surface area (Å²) in [5.41, 5.74) is 5.39. The van der Waals surface area contributed by atoms with Crippen molar-refractivity contribution in [1.29, 1.82) is 0 Å². The number of phosphoric acid groups is 1. The van der Waals surface area contributed by atoms with E-state index in [0.717, 1.165) is 141 Å². The summed E-state index contributed by atoms with van der Waals surface area (Å²) in [6.07, 6.45) is 98.4. The molecule has 0 saturated carbocycles. The molecule has 83 heavy (non-hydrogen) atoms. The summed E-state index contributed by atoms with van der Waals surface area (Å²) in [5, 5.41) is 0. The SMILES string of the molecule is CC/C=C\C/C=C\C/C=C\C/C=C\C/C=C\C/C=C\C/C=C\CCCCCCCCCCCCCC(=O)OC(COC(=O)CCCCCCCCC/C=C\C/C=C\C/C=C\C/C=C\C/C=C\C/C=C\C/C=C\CC)COP(=O)(O)OCCN. The third-order valence-electron chi connectivity index (χ3n) is 13.1. The zero-order valence-electron chi connectivity index (χ0n) is 52.4. The van der Waals surface area contributed by atoms with Crippen LogP contribution in [0.4, 0.5) is 0 Å². The summed E-state index contributed by atoms with van der Waals surface area (Å²) in [7, 11) is -4.41. The lowest BCUT2D eigenvalue weighted by Crippen LogP contribution is -2.29. The van der Waals surface area contributed by atoms with E-state index >= 15 is 0 Å². The highest BCUT2D eigenvalue weighted by atomic mass is 31.2. The molecule has 0 heterocycles. The van der Waals surface area contributed by atoms with Crippen LogP contribution < -0.4 is 5.73 Å². The third-order valence-corrected chi connectivity index (χ3v) is 14.1. The Morgan fingerprint density at radius 1 is 0.361 bits per heavy atom. The van der Waals surface area contributed by atoms with Crippen molar-refractivity contribution >= 4 is 19.8 Å². The van der Waals surface area contributed by atoms with E-state index in [1.165, 1.54) is 64.2 Å². The molecule has 10 heteroatoms. The van der Waals surface area contributed by atoms with Gasteiger partial charge < -0.3 is 20.1 Å². The Kier molecular flexibility index (Phi) is 62.8. The highest BCUT2D eigenvalue weighted by Crippen LogP contribution is 2.43. The largest absolute Gasteiger partial charge is 0.472 e. The number of hydrogen-bond donors (Lipinski definition) is 2. The van der Waals surface area contributed by atoms with Crippen molar-refractivity contribution in [1.82, 2.24) is 0 Å². The number of allylic oxidation sites excluding steroid dienone is 28. The summed E-state index contributed by atoms with van der Waals surface area (Å²) >= 11 is 0. The Labute approximate surface area is 508 Å². The highest BCUT2D eigenvalue weighted by Gasteiger charge is 2.26. The molecular weight excluding hydrogens is 1050 g/mol. The standard InChI is InChI=1S/C73H118NO8P/c1-3-5-7-9-11-13-15-17-19-21-23-25-27-29-31-33-34-35-36-38-40-42-44-46-48-50-52-54-56-58-60-62-64-66-73(76)82-71(70-81-83(77,78)80-68-67-74)69-79-72(75)65-63-61-59-57-55-53-51-49-47-45-43-41-39-37-32-30-28-26-24-22-20-18-16-14-12-10-8-6-4-2/h5-8,11-14,17-20,23-26,29-32,34-35,38-41,45,47,71H,3-4,9-10,15-16,21-22,27-28,33,36-37,42-44,46,48-70,74H2,1-2H3,(H,77,78)/b7-5-,8-6-,13-11-,14-12-,19-17-,20-18-,25-23-,26-24-,31-29-,32-30-,35-34-,40-38-,41-39-,47-45-. The van der Waals surface area contributed by atoms with E-state index < -0.39 is 32.5 Å². The van der Waals surface area contributed by atoms with Crippen molar-refractivity contribution in [2.75, 3.05) is 26.4 Å². The van der Waals surface area contributed by atoms with Gasteiger partial charge in [-0.1, -0.05) is 274 Å². The van der Waals surface area contributed by atoms with Gasteiger partial charge in [0.1, 0.15) is 6.61 Å². The minimum Gasteiger partial charge on any atom is -0.462 e. The van der Waals surface area contributed by atoms with Gasteiger partial charge in [-0.2, -0.15) is 0 Å². The molecule has 9 nitrogen and oxygen atoms in total. The molecule has 0 rings (SSSR count). The second-order valence-electron chi connectivity index (χ2n) is 20.9. The Balaban J connectivity index is 4.02. The van der Waals surface area contributed by atoms with Gasteiger partial charge in [-0.05, 0) is 128 Å². The van der Waals surface area contributed by atoms with Crippen molar-refractivity contribution in [3.63, 3.8) is 0 Å². The third kappa shape index (κ3) is 66.4. The molecule has 2 unspecified atom stereocenters. The number of nitrogens with two attached hydrogens (primary N) is 1. The Morgan fingerprint density at radius 3 is 0.928 bits per heavy atom. The van der Waals surface area contributed by atoms with Gasteiger partial charge in [0, 0.05) is 19.4 Å². The van der Waals surface area contributed by atoms with Gasteiger partial charge in [-0.3, -0.25) is 18.6 Å². The maximum Gasteiger partial charge on any atom is 0.472 e. The zero-order valence-corrected chi connectivity index (χ0v) is 53.3. The number of carbonyl (C=O) groups excluding carboxylic acids is 2. The fourth-order valence-electron chi connectivity index (χ4n) is 8.36. The van der Waals surface area contributed by atoms with Crippen LogP contribution in [0.3, 0.4) is 0 Å². The van der Waals surface area contributed by atoms with Crippen molar-refractivity contribution in [2.24, 2.45) is 5.73 Å². The Bertz CT molecular complexity index is 1960. The first-order valence-electron chi connectivity index (χ1n) is 32.6. The molecule has 3 N–H and O–H groups in total. The number of rotatable bonds is 59. The lowest BCUT2D eigenvalue weighted by atomic mass is 10.0. The van der Waals surface area contributed by atoms with E-state index in [2.05, 4.69) is 184 Å². The Morgan fingerprint density at radius 2 is 0.627 bits per heavy atom. The number of unbranched alkanes of at least 4 members (excludes halogenated alkanes) is 18. The zero-order chi connectivity index (χ0) is 60.1. The smallest absolute Gasteiger partial charge is 0.462 e. The molecule has 0 amide bonds. The molecule has 468 valence electrons. The summed E-state index contributed by atoms with van der Waals surface area (Å²) < 4.78 is 33.1. The summed E-state index contributed by atoms with van der Waals surface area (Å²) in [6, 6.07) is 0. The lowest BCUT2D eigenvalue weighted by molar-refractivity contribution is -0.161. The van der Waals surface area contributed by atoms with E-state index in [1.54, 1.807) is 0 Å². The highest BCUT2D eigenvalue weighted by molar-refractivity contribution is 7.47. The molecule has 0 aromatic carbocycles. The van der Waals surface area contributed by atoms with Crippen molar-refractivity contribution < 1.29 is 37.6 Å². The van der Waals surface area contributed by atoms with E-state index in [1.807, 2.05) is 0 Å². The van der Waals surface area contributed by atoms with Crippen LogP contribution in [0.2, 0.25) is 0 Å².